The standard InChI is InChI=1S/C24H28N2O5/c1-16(21(27)26-15-7-9-17-8-5-6-10-20(17)26)30-22(28)18-11-13-19(14-12-18)25-23(29)31-24(2,3)4/h5-6,8,10-14,16H,7,9,15H2,1-4H3,(H,25,29)/t16-/m1/s1. The summed E-state index contributed by atoms with van der Waals surface area (Å²) in [6, 6.07) is 14.0. The van der Waals surface area contributed by atoms with Crippen LogP contribution in [0.25, 0.3) is 0 Å². The predicted molar refractivity (Wildman–Crippen MR) is 118 cm³/mol. The zero-order valence-electron chi connectivity index (χ0n) is 18.3. The topological polar surface area (TPSA) is 84.9 Å². The molecule has 7 heteroatoms. The van der Waals surface area contributed by atoms with E-state index in [0.29, 0.717) is 12.2 Å². The Balaban J connectivity index is 1.60. The SMILES string of the molecule is C[C@@H](OC(=O)c1ccc(NC(=O)OC(C)(C)C)cc1)C(=O)N1CCCc2ccccc21. The number of hydrogen-bond acceptors (Lipinski definition) is 5. The van der Waals surface area contributed by atoms with E-state index in [1.807, 2.05) is 24.3 Å². The summed E-state index contributed by atoms with van der Waals surface area (Å²) >= 11 is 0. The minimum absolute atomic E-state index is 0.247. The molecular weight excluding hydrogens is 396 g/mol. The van der Waals surface area contributed by atoms with Crippen molar-refractivity contribution in [2.75, 3.05) is 16.8 Å². The normalized spacial score (nSPS) is 14.3. The molecule has 0 spiro atoms. The van der Waals surface area contributed by atoms with Crippen LogP contribution in [0.2, 0.25) is 0 Å². The molecule has 3 rings (SSSR count). The van der Waals surface area contributed by atoms with Gasteiger partial charge in [-0.3, -0.25) is 10.1 Å². The van der Waals surface area contributed by atoms with Crippen molar-refractivity contribution in [3.8, 4) is 0 Å². The maximum atomic E-state index is 12.9. The third-order valence-electron chi connectivity index (χ3n) is 4.77. The van der Waals surface area contributed by atoms with E-state index < -0.39 is 23.8 Å². The van der Waals surface area contributed by atoms with E-state index in [-0.39, 0.29) is 11.5 Å². The number of nitrogens with zero attached hydrogens (tertiary/aromatic N) is 1. The number of carbonyl (C=O) groups is 3. The summed E-state index contributed by atoms with van der Waals surface area (Å²) in [5.41, 5.74) is 2.16. The van der Waals surface area contributed by atoms with E-state index in [2.05, 4.69) is 5.32 Å². The Labute approximate surface area is 182 Å². The molecule has 31 heavy (non-hydrogen) atoms. The quantitative estimate of drug-likeness (QED) is 0.728. The van der Waals surface area contributed by atoms with Gasteiger partial charge in [0.05, 0.1) is 5.56 Å². The molecule has 7 nitrogen and oxygen atoms in total. The Hall–Kier alpha value is -3.35. The summed E-state index contributed by atoms with van der Waals surface area (Å²) in [5, 5.41) is 2.60. The Bertz CT molecular complexity index is 963. The number of ether oxygens (including phenoxy) is 2. The Morgan fingerprint density at radius 2 is 1.71 bits per heavy atom. The lowest BCUT2D eigenvalue weighted by Gasteiger charge is -2.31. The molecule has 0 bridgehead atoms. The van der Waals surface area contributed by atoms with Gasteiger partial charge in [-0.15, -0.1) is 0 Å². The van der Waals surface area contributed by atoms with Crippen molar-refractivity contribution in [2.45, 2.75) is 52.2 Å². The van der Waals surface area contributed by atoms with Crippen molar-refractivity contribution in [1.29, 1.82) is 0 Å². The van der Waals surface area contributed by atoms with Crippen molar-refractivity contribution in [3.05, 3.63) is 59.7 Å². The largest absolute Gasteiger partial charge is 0.449 e. The number of benzene rings is 2. The van der Waals surface area contributed by atoms with E-state index in [4.69, 9.17) is 9.47 Å². The molecule has 1 N–H and O–H groups in total. The lowest BCUT2D eigenvalue weighted by atomic mass is 10.0. The molecule has 2 aromatic rings. The molecule has 0 aromatic heterocycles. The number of nitrogens with one attached hydrogen (secondary N) is 1. The first-order valence-corrected chi connectivity index (χ1v) is 10.3. The molecule has 0 saturated carbocycles. The molecule has 0 saturated heterocycles. The molecule has 1 aliphatic rings. The number of hydrogen-bond donors (Lipinski definition) is 1. The molecule has 1 aliphatic heterocycles. The van der Waals surface area contributed by atoms with Crippen LogP contribution in [0, 0.1) is 0 Å². The second-order valence-corrected chi connectivity index (χ2v) is 8.47. The molecule has 164 valence electrons. The number of rotatable bonds is 4. The van der Waals surface area contributed by atoms with Gasteiger partial charge in [-0.1, -0.05) is 18.2 Å². The first-order valence-electron chi connectivity index (χ1n) is 10.3. The number of aryl methyl sites for hydroxylation is 1. The van der Waals surface area contributed by atoms with Gasteiger partial charge < -0.3 is 14.4 Å². The molecular formula is C24H28N2O5. The molecule has 0 unspecified atom stereocenters. The van der Waals surface area contributed by atoms with Gasteiger partial charge in [-0.25, -0.2) is 9.59 Å². The number of amides is 2. The number of esters is 1. The van der Waals surface area contributed by atoms with Crippen LogP contribution in [0.5, 0.6) is 0 Å². The molecule has 2 amide bonds. The van der Waals surface area contributed by atoms with Gasteiger partial charge in [0.2, 0.25) is 0 Å². The first kappa shape index (κ1) is 22.3. The number of carbonyl (C=O) groups excluding carboxylic acids is 3. The predicted octanol–water partition coefficient (Wildman–Crippen LogP) is 4.56. The minimum Gasteiger partial charge on any atom is -0.449 e. The van der Waals surface area contributed by atoms with E-state index in [1.165, 1.54) is 12.1 Å². The number of anilines is 2. The van der Waals surface area contributed by atoms with Crippen molar-refractivity contribution in [1.82, 2.24) is 0 Å². The van der Waals surface area contributed by atoms with Crippen LogP contribution in [0.3, 0.4) is 0 Å². The summed E-state index contributed by atoms with van der Waals surface area (Å²) < 4.78 is 10.6. The summed E-state index contributed by atoms with van der Waals surface area (Å²) in [5.74, 6) is -0.848. The van der Waals surface area contributed by atoms with Gasteiger partial charge in [0, 0.05) is 17.9 Å². The Morgan fingerprint density at radius 3 is 2.39 bits per heavy atom. The highest BCUT2D eigenvalue weighted by Gasteiger charge is 2.28. The van der Waals surface area contributed by atoms with Crippen LogP contribution >= 0.6 is 0 Å². The summed E-state index contributed by atoms with van der Waals surface area (Å²) in [6.45, 7) is 7.50. The highest BCUT2D eigenvalue weighted by molar-refractivity contribution is 6.00. The lowest BCUT2D eigenvalue weighted by Crippen LogP contribution is -2.42. The monoisotopic (exact) mass is 424 g/mol. The van der Waals surface area contributed by atoms with Gasteiger partial charge in [0.25, 0.3) is 5.91 Å². The molecule has 0 radical (unpaired) electrons. The van der Waals surface area contributed by atoms with Gasteiger partial charge in [-0.2, -0.15) is 0 Å². The van der Waals surface area contributed by atoms with Crippen LogP contribution in [-0.2, 0) is 20.7 Å². The smallest absolute Gasteiger partial charge is 0.412 e. The summed E-state index contributed by atoms with van der Waals surface area (Å²) in [7, 11) is 0. The molecule has 2 aromatic carbocycles. The number of fused-ring (bicyclic) bond motifs is 1. The molecule has 0 fully saturated rings. The van der Waals surface area contributed by atoms with E-state index in [1.54, 1.807) is 44.7 Å². The van der Waals surface area contributed by atoms with Crippen molar-refractivity contribution >= 4 is 29.3 Å². The summed E-state index contributed by atoms with van der Waals surface area (Å²) in [4.78, 5) is 38.9. The van der Waals surface area contributed by atoms with Crippen molar-refractivity contribution < 1.29 is 23.9 Å². The maximum Gasteiger partial charge on any atom is 0.412 e. The average Bonchev–Trinajstić information content (AvgIpc) is 2.71. The van der Waals surface area contributed by atoms with Crippen molar-refractivity contribution in [3.63, 3.8) is 0 Å². The zero-order valence-corrected chi connectivity index (χ0v) is 18.3. The fourth-order valence-corrected chi connectivity index (χ4v) is 3.37. The zero-order chi connectivity index (χ0) is 22.6. The Morgan fingerprint density at radius 1 is 1.03 bits per heavy atom. The highest BCUT2D eigenvalue weighted by Crippen LogP contribution is 2.27. The lowest BCUT2D eigenvalue weighted by molar-refractivity contribution is -0.126. The third kappa shape index (κ3) is 5.84. The van der Waals surface area contributed by atoms with E-state index in [9.17, 15) is 14.4 Å². The number of para-hydroxylation sites is 1. The second-order valence-electron chi connectivity index (χ2n) is 8.47. The average molecular weight is 424 g/mol. The minimum atomic E-state index is -0.918. The second kappa shape index (κ2) is 9.20. The molecule has 1 heterocycles. The van der Waals surface area contributed by atoms with Crippen LogP contribution in [0.15, 0.2) is 48.5 Å². The first-order chi connectivity index (χ1) is 14.6. The van der Waals surface area contributed by atoms with E-state index in [0.717, 1.165) is 24.1 Å². The van der Waals surface area contributed by atoms with Crippen LogP contribution in [0.1, 0.15) is 50.0 Å². The van der Waals surface area contributed by atoms with Crippen LogP contribution < -0.4 is 10.2 Å². The van der Waals surface area contributed by atoms with Crippen LogP contribution in [0.4, 0.5) is 16.2 Å². The third-order valence-corrected chi connectivity index (χ3v) is 4.77. The van der Waals surface area contributed by atoms with Gasteiger partial charge in [-0.05, 0) is 76.4 Å². The van der Waals surface area contributed by atoms with Crippen LogP contribution in [-0.4, -0.2) is 36.2 Å². The Kier molecular flexibility index (Phi) is 6.63. The maximum absolute atomic E-state index is 12.9. The van der Waals surface area contributed by atoms with Crippen molar-refractivity contribution in [2.24, 2.45) is 0 Å². The molecule has 0 aliphatic carbocycles. The summed E-state index contributed by atoms with van der Waals surface area (Å²) in [6.07, 6.45) is 0.301. The van der Waals surface area contributed by atoms with Gasteiger partial charge >= 0.3 is 12.1 Å². The van der Waals surface area contributed by atoms with Gasteiger partial charge in [0.1, 0.15) is 5.60 Å². The van der Waals surface area contributed by atoms with E-state index >= 15 is 0 Å². The highest BCUT2D eigenvalue weighted by atomic mass is 16.6. The fourth-order valence-electron chi connectivity index (χ4n) is 3.37. The fraction of sp³-hybridized carbons (Fsp3) is 0.375. The van der Waals surface area contributed by atoms with Gasteiger partial charge in [0.15, 0.2) is 6.10 Å². The molecule has 1 atom stereocenters.